The molecule has 0 saturated heterocycles. The molecule has 0 radical (unpaired) electrons. The van der Waals surface area contributed by atoms with Crippen molar-refractivity contribution < 1.29 is 0 Å². The van der Waals surface area contributed by atoms with Gasteiger partial charge < -0.3 is 0 Å². The maximum Gasteiger partial charge on any atom is 0.330 e. The molecule has 15 heavy (non-hydrogen) atoms. The van der Waals surface area contributed by atoms with Crippen LogP contribution >= 0.6 is 31.5 Å². The molecule has 0 aliphatic heterocycles. The summed E-state index contributed by atoms with van der Waals surface area (Å²) in [5, 5.41) is 0. The van der Waals surface area contributed by atoms with Crippen molar-refractivity contribution in [2.75, 3.05) is 0 Å². The lowest BCUT2D eigenvalue weighted by Crippen LogP contribution is -2.25. The van der Waals surface area contributed by atoms with E-state index < -0.39 is 0 Å². The van der Waals surface area contributed by atoms with Crippen LogP contribution in [0.15, 0.2) is 12.1 Å². The first-order valence-corrected chi connectivity index (χ1v) is 6.96. The number of hydrogen-bond donors (Lipinski definition) is 0. The van der Waals surface area contributed by atoms with E-state index in [0.29, 0.717) is 0 Å². The Labute approximate surface area is 110 Å². The van der Waals surface area contributed by atoms with Crippen LogP contribution in [0.2, 0.25) is 0 Å². The van der Waals surface area contributed by atoms with Gasteiger partial charge in [-0.1, -0.05) is 44.0 Å². The Morgan fingerprint density at radius 3 is 1.67 bits per heavy atom. The molecule has 1 rings (SSSR count). The summed E-state index contributed by atoms with van der Waals surface area (Å²) in [6.07, 6.45) is 0. The van der Waals surface area contributed by atoms with Crippen molar-refractivity contribution in [2.45, 2.75) is 40.0 Å². The lowest BCUT2D eigenvalue weighted by Gasteiger charge is -2.22. The van der Waals surface area contributed by atoms with Crippen LogP contribution in [-0.2, 0) is 5.41 Å². The van der Waals surface area contributed by atoms with Gasteiger partial charge in [0, 0.05) is 0 Å². The highest BCUT2D eigenvalue weighted by atomic mass is 79.9. The van der Waals surface area contributed by atoms with Gasteiger partial charge in [0.15, 0.2) is 0 Å². The Kier molecular flexibility index (Phi) is 4.10. The van der Waals surface area contributed by atoms with Crippen molar-refractivity contribution in [3.8, 4) is 0 Å². The van der Waals surface area contributed by atoms with Crippen molar-refractivity contribution in [3.05, 3.63) is 28.8 Å². The number of benzene rings is 1. The minimum absolute atomic E-state index is 0.224. The van der Waals surface area contributed by atoms with E-state index in [2.05, 4.69) is 78.3 Å². The highest BCUT2D eigenvalue weighted by Crippen LogP contribution is 2.24. The van der Waals surface area contributed by atoms with Crippen LogP contribution < -0.4 is 5.46 Å². The highest BCUT2D eigenvalue weighted by Gasteiger charge is 2.19. The zero-order chi connectivity index (χ0) is 11.8. The molecule has 0 heterocycles. The Balaban J connectivity index is 3.32. The van der Waals surface area contributed by atoms with Crippen LogP contribution in [0.5, 0.6) is 0 Å². The molecule has 1 aromatic carbocycles. The van der Waals surface area contributed by atoms with Gasteiger partial charge in [-0.2, -0.15) is 0 Å². The molecule has 0 aliphatic rings. The number of rotatable bonds is 1. The van der Waals surface area contributed by atoms with Crippen LogP contribution in [0.25, 0.3) is 0 Å². The van der Waals surface area contributed by atoms with Crippen molar-refractivity contribution in [3.63, 3.8) is 0 Å². The molecule has 0 unspecified atom stereocenters. The van der Waals surface area contributed by atoms with E-state index in [1.165, 1.54) is 22.2 Å². The third kappa shape index (κ3) is 3.10. The predicted molar refractivity (Wildman–Crippen MR) is 77.9 cm³/mol. The SMILES string of the molecule is Cc1cc(C(C)(C)C)cc(C)c1B(Br)Br. The van der Waals surface area contributed by atoms with Crippen LogP contribution in [0.1, 0.15) is 37.5 Å². The van der Waals surface area contributed by atoms with E-state index in [1.807, 2.05) is 0 Å². The Morgan fingerprint density at radius 2 is 1.40 bits per heavy atom. The fourth-order valence-corrected chi connectivity index (χ4v) is 3.20. The normalized spacial score (nSPS) is 11.7. The van der Waals surface area contributed by atoms with Gasteiger partial charge in [-0.25, -0.2) is 0 Å². The summed E-state index contributed by atoms with van der Waals surface area (Å²) in [6, 6.07) is 4.58. The molecule has 3 heteroatoms. The topological polar surface area (TPSA) is 0 Å². The zero-order valence-electron chi connectivity index (χ0n) is 9.99. The van der Waals surface area contributed by atoms with Gasteiger partial charge in [0.05, 0.1) is 0 Å². The molecule has 0 aromatic heterocycles. The van der Waals surface area contributed by atoms with Crippen LogP contribution in [-0.4, -0.2) is 4.36 Å². The van der Waals surface area contributed by atoms with E-state index in [4.69, 9.17) is 0 Å². The van der Waals surface area contributed by atoms with E-state index in [1.54, 1.807) is 0 Å². The first-order chi connectivity index (χ1) is 6.73. The second kappa shape index (κ2) is 4.62. The van der Waals surface area contributed by atoms with Crippen molar-refractivity contribution in [1.29, 1.82) is 0 Å². The van der Waals surface area contributed by atoms with Crippen molar-refractivity contribution >= 4 is 41.3 Å². The van der Waals surface area contributed by atoms with E-state index in [0.717, 1.165) is 0 Å². The first kappa shape index (κ1) is 13.3. The predicted octanol–water partition coefficient (Wildman–Crippen LogP) is 4.09. The minimum atomic E-state index is 0.224. The molecule has 0 nitrogen and oxygen atoms in total. The van der Waals surface area contributed by atoms with Gasteiger partial charge in [-0.15, -0.1) is 31.5 Å². The standard InChI is InChI=1S/C12H17BBr2/c1-8-6-10(12(3,4)5)7-9(2)11(8)13(14)15/h6-7H,1-5H3. The third-order valence-corrected chi connectivity index (χ3v) is 3.59. The number of hydrogen-bond acceptors (Lipinski definition) is 0. The maximum atomic E-state index is 3.58. The molecular formula is C12H17BBr2. The monoisotopic (exact) mass is 330 g/mol. The Morgan fingerprint density at radius 1 is 1.00 bits per heavy atom. The van der Waals surface area contributed by atoms with E-state index in [-0.39, 0.29) is 9.78 Å². The fraction of sp³-hybridized carbons (Fsp3) is 0.500. The van der Waals surface area contributed by atoms with Gasteiger partial charge in [-0.05, 0) is 30.3 Å². The quantitative estimate of drug-likeness (QED) is 0.680. The molecule has 0 atom stereocenters. The Hall–Kier alpha value is 0.245. The van der Waals surface area contributed by atoms with Gasteiger partial charge in [0.2, 0.25) is 0 Å². The third-order valence-electron chi connectivity index (χ3n) is 2.68. The highest BCUT2D eigenvalue weighted by molar-refractivity contribution is 9.49. The van der Waals surface area contributed by atoms with E-state index >= 15 is 0 Å². The molecule has 82 valence electrons. The summed E-state index contributed by atoms with van der Waals surface area (Å²) in [7, 11) is 0. The number of aryl methyl sites for hydroxylation is 2. The first-order valence-electron chi connectivity index (χ1n) is 5.13. The molecule has 0 spiro atoms. The molecule has 0 bridgehead atoms. The second-order valence-electron chi connectivity index (χ2n) is 5.07. The van der Waals surface area contributed by atoms with Gasteiger partial charge in [0.25, 0.3) is 0 Å². The maximum absolute atomic E-state index is 3.58. The number of halogens is 2. The average molecular weight is 332 g/mol. The molecular weight excluding hydrogens is 315 g/mol. The summed E-state index contributed by atoms with van der Waals surface area (Å²) < 4.78 is 0.249. The second-order valence-corrected chi connectivity index (χ2v) is 8.13. The van der Waals surface area contributed by atoms with Crippen molar-refractivity contribution in [2.24, 2.45) is 0 Å². The van der Waals surface area contributed by atoms with Crippen LogP contribution in [0, 0.1) is 13.8 Å². The summed E-state index contributed by atoms with van der Waals surface area (Å²) in [5.74, 6) is 0. The average Bonchev–Trinajstić information content (AvgIpc) is 1.99. The molecule has 0 N–H and O–H groups in total. The largest absolute Gasteiger partial charge is 0.330 e. The van der Waals surface area contributed by atoms with Crippen LogP contribution in [0.4, 0.5) is 0 Å². The lowest BCUT2D eigenvalue weighted by atomic mass is 9.79. The molecule has 0 aliphatic carbocycles. The van der Waals surface area contributed by atoms with Crippen molar-refractivity contribution in [1.82, 2.24) is 0 Å². The minimum Gasteiger partial charge on any atom is -0.132 e. The molecule has 0 saturated carbocycles. The Bertz CT molecular complexity index is 341. The molecule has 0 amide bonds. The molecule has 0 fully saturated rings. The smallest absolute Gasteiger partial charge is 0.132 e. The fourth-order valence-electron chi connectivity index (χ4n) is 1.75. The zero-order valence-corrected chi connectivity index (χ0v) is 13.2. The van der Waals surface area contributed by atoms with Gasteiger partial charge in [-0.3, -0.25) is 0 Å². The summed E-state index contributed by atoms with van der Waals surface area (Å²) in [4.78, 5) is 0. The van der Waals surface area contributed by atoms with Crippen LogP contribution in [0.3, 0.4) is 0 Å². The van der Waals surface area contributed by atoms with Gasteiger partial charge >= 0.3 is 4.36 Å². The van der Waals surface area contributed by atoms with Gasteiger partial charge in [0.1, 0.15) is 0 Å². The summed E-state index contributed by atoms with van der Waals surface area (Å²) in [6.45, 7) is 11.1. The summed E-state index contributed by atoms with van der Waals surface area (Å²) in [5.41, 5.74) is 5.67. The summed E-state index contributed by atoms with van der Waals surface area (Å²) >= 11 is 7.15. The lowest BCUT2D eigenvalue weighted by molar-refractivity contribution is 0.589. The molecule has 1 aromatic rings. The van der Waals surface area contributed by atoms with E-state index in [9.17, 15) is 0 Å².